The molecule has 0 bridgehead atoms. The topological polar surface area (TPSA) is 66.4 Å². The molecule has 0 amide bonds. The monoisotopic (exact) mass is 359 g/mol. The summed E-state index contributed by atoms with van der Waals surface area (Å²) >= 11 is 0. The summed E-state index contributed by atoms with van der Waals surface area (Å²) in [5, 5.41) is 3.04. The second-order valence-electron chi connectivity index (χ2n) is 6.28. The first kappa shape index (κ1) is 26.1. The van der Waals surface area contributed by atoms with Crippen LogP contribution in [-0.4, -0.2) is 61.4 Å². The van der Waals surface area contributed by atoms with Crippen LogP contribution in [-0.2, 0) is 10.1 Å². The van der Waals surface area contributed by atoms with Crippen molar-refractivity contribution in [2.45, 2.75) is 90.4 Å². The van der Waals surface area contributed by atoms with Crippen molar-refractivity contribution in [1.82, 2.24) is 5.32 Å². The zero-order valence-electron chi connectivity index (χ0n) is 14.5. The molecule has 136 valence electrons. The van der Waals surface area contributed by atoms with E-state index in [4.69, 9.17) is 4.55 Å². The van der Waals surface area contributed by atoms with Crippen LogP contribution in [0.3, 0.4) is 0 Å². The van der Waals surface area contributed by atoms with E-state index >= 15 is 0 Å². The third-order valence-corrected chi connectivity index (χ3v) is 4.71. The van der Waals surface area contributed by atoms with Crippen LogP contribution in [0.5, 0.6) is 0 Å². The Kier molecular flexibility index (Phi) is 21.8. The molecule has 0 rings (SSSR count). The molecule has 0 aliphatic rings. The van der Waals surface area contributed by atoms with E-state index in [2.05, 4.69) is 12.2 Å². The van der Waals surface area contributed by atoms with Crippen molar-refractivity contribution in [2.75, 3.05) is 18.8 Å². The third kappa shape index (κ3) is 25.2. The molecule has 0 fully saturated rings. The predicted molar refractivity (Wildman–Crippen MR) is 102 cm³/mol. The van der Waals surface area contributed by atoms with Crippen LogP contribution in [0, 0.1) is 0 Å². The maximum absolute atomic E-state index is 10.5. The Bertz CT molecular complexity index is 324. The second-order valence-corrected chi connectivity index (χ2v) is 7.85. The van der Waals surface area contributed by atoms with E-state index in [-0.39, 0.29) is 35.3 Å². The Labute approximate surface area is 166 Å². The van der Waals surface area contributed by atoms with Crippen LogP contribution in [0.4, 0.5) is 0 Å². The number of unbranched alkanes of at least 4 members (excludes halogenated alkanes) is 12. The Morgan fingerprint density at radius 1 is 0.696 bits per heavy atom. The Hall–Kier alpha value is 0.870. The molecule has 0 radical (unpaired) electrons. The van der Waals surface area contributed by atoms with Crippen molar-refractivity contribution in [2.24, 2.45) is 0 Å². The summed E-state index contributed by atoms with van der Waals surface area (Å²) in [7, 11) is -3.81. The van der Waals surface area contributed by atoms with E-state index < -0.39 is 10.1 Å². The summed E-state index contributed by atoms with van der Waals surface area (Å²) in [5.41, 5.74) is 0. The Balaban J connectivity index is 0. The molecular weight excluding hydrogens is 321 g/mol. The van der Waals surface area contributed by atoms with Crippen LogP contribution in [0.15, 0.2) is 0 Å². The van der Waals surface area contributed by atoms with Gasteiger partial charge in [-0.25, -0.2) is 0 Å². The van der Waals surface area contributed by atoms with Crippen molar-refractivity contribution in [3.63, 3.8) is 0 Å². The van der Waals surface area contributed by atoms with Gasteiger partial charge in [0.05, 0.1) is 5.75 Å². The molecule has 23 heavy (non-hydrogen) atoms. The van der Waals surface area contributed by atoms with E-state index in [0.29, 0.717) is 6.54 Å². The van der Waals surface area contributed by atoms with Gasteiger partial charge in [0.15, 0.2) is 0 Å². The molecule has 0 spiro atoms. The van der Waals surface area contributed by atoms with Crippen LogP contribution < -0.4 is 5.32 Å². The molecule has 0 aromatic carbocycles. The third-order valence-electron chi connectivity index (χ3n) is 3.99. The van der Waals surface area contributed by atoms with Crippen molar-refractivity contribution < 1.29 is 13.0 Å². The molecule has 0 heterocycles. The number of hydrogen-bond acceptors (Lipinski definition) is 3. The summed E-state index contributed by atoms with van der Waals surface area (Å²) in [6.45, 7) is 3.44. The van der Waals surface area contributed by atoms with Gasteiger partial charge >= 0.3 is 29.6 Å². The van der Waals surface area contributed by atoms with Gasteiger partial charge in [-0.1, -0.05) is 84.0 Å². The van der Waals surface area contributed by atoms with E-state index in [9.17, 15) is 8.42 Å². The van der Waals surface area contributed by atoms with Crippen LogP contribution >= 0.6 is 0 Å². The summed E-state index contributed by atoms with van der Waals surface area (Å²) in [5.74, 6) is -0.189. The van der Waals surface area contributed by atoms with Gasteiger partial charge in [-0.2, -0.15) is 8.42 Å². The molecule has 0 atom stereocenters. The van der Waals surface area contributed by atoms with Crippen molar-refractivity contribution in [3.05, 3.63) is 0 Å². The molecular formula is C17H38NNaO3S. The fourth-order valence-electron chi connectivity index (χ4n) is 2.59. The van der Waals surface area contributed by atoms with Gasteiger partial charge in [-0.05, 0) is 13.0 Å². The number of nitrogens with one attached hydrogen (secondary N) is 1. The van der Waals surface area contributed by atoms with E-state index in [1.54, 1.807) is 0 Å². The first-order chi connectivity index (χ1) is 10.6. The van der Waals surface area contributed by atoms with E-state index in [1.165, 1.54) is 77.0 Å². The summed E-state index contributed by atoms with van der Waals surface area (Å²) in [6, 6.07) is 0. The molecule has 4 nitrogen and oxygen atoms in total. The van der Waals surface area contributed by atoms with Gasteiger partial charge < -0.3 is 5.32 Å². The molecule has 0 aromatic rings. The van der Waals surface area contributed by atoms with Crippen molar-refractivity contribution in [3.8, 4) is 0 Å². The van der Waals surface area contributed by atoms with Gasteiger partial charge in [0.25, 0.3) is 10.1 Å². The Morgan fingerprint density at radius 3 is 1.48 bits per heavy atom. The van der Waals surface area contributed by atoms with Gasteiger partial charge in [-0.3, -0.25) is 4.55 Å². The number of hydrogen-bond donors (Lipinski definition) is 2. The van der Waals surface area contributed by atoms with E-state index in [0.717, 1.165) is 13.0 Å². The molecule has 0 aromatic heterocycles. The zero-order chi connectivity index (χ0) is 16.5. The molecule has 0 aliphatic carbocycles. The average Bonchev–Trinajstić information content (AvgIpc) is 2.45. The maximum atomic E-state index is 10.5. The average molecular weight is 360 g/mol. The minimum atomic E-state index is -3.81. The predicted octanol–water partition coefficient (Wildman–Crippen LogP) is 3.91. The van der Waals surface area contributed by atoms with Crippen molar-refractivity contribution >= 4 is 39.7 Å². The van der Waals surface area contributed by atoms with Crippen LogP contribution in [0.25, 0.3) is 0 Å². The summed E-state index contributed by atoms with van der Waals surface area (Å²) in [4.78, 5) is 0. The number of rotatable bonds is 17. The summed E-state index contributed by atoms with van der Waals surface area (Å²) in [6.07, 6.45) is 17.4. The van der Waals surface area contributed by atoms with E-state index in [1.807, 2.05) is 0 Å². The normalized spacial score (nSPS) is 11.4. The van der Waals surface area contributed by atoms with Crippen LogP contribution in [0.2, 0.25) is 0 Å². The van der Waals surface area contributed by atoms with Gasteiger partial charge in [-0.15, -0.1) is 0 Å². The van der Waals surface area contributed by atoms with Gasteiger partial charge in [0, 0.05) is 6.54 Å². The van der Waals surface area contributed by atoms with Crippen molar-refractivity contribution in [1.29, 1.82) is 0 Å². The molecule has 2 N–H and O–H groups in total. The molecule has 6 heteroatoms. The standard InChI is InChI=1S/C17H37NO3S.Na.H/c1-2-3-4-5-6-7-8-9-10-11-12-13-14-15-18-16-17-22(19,20)21;;/h18H,2-17H2,1H3,(H,19,20,21);;. The molecule has 0 aliphatic heterocycles. The molecule has 0 saturated carbocycles. The van der Waals surface area contributed by atoms with Crippen LogP contribution in [0.1, 0.15) is 90.4 Å². The Morgan fingerprint density at radius 2 is 1.09 bits per heavy atom. The first-order valence-electron chi connectivity index (χ1n) is 9.22. The fraction of sp³-hybridized carbons (Fsp3) is 1.00. The SMILES string of the molecule is CCCCCCCCCCCCCCCNCCS(=O)(=O)O.[NaH]. The van der Waals surface area contributed by atoms with Gasteiger partial charge in [0.1, 0.15) is 0 Å². The fourth-order valence-corrected chi connectivity index (χ4v) is 3.00. The zero-order valence-corrected chi connectivity index (χ0v) is 15.3. The second kappa shape index (κ2) is 19.2. The summed E-state index contributed by atoms with van der Waals surface area (Å²) < 4.78 is 29.6. The molecule has 0 saturated heterocycles. The molecule has 0 unspecified atom stereocenters. The minimum absolute atomic E-state index is 0. The quantitative estimate of drug-likeness (QED) is 0.235. The first-order valence-corrected chi connectivity index (χ1v) is 10.8. The van der Waals surface area contributed by atoms with Gasteiger partial charge in [0.2, 0.25) is 0 Å².